The molecule has 0 aromatic heterocycles. The van der Waals surface area contributed by atoms with Gasteiger partial charge in [-0.1, -0.05) is 12.8 Å². The minimum atomic E-state index is -1.22. The molecule has 0 spiro atoms. The predicted molar refractivity (Wildman–Crippen MR) is 60.4 cm³/mol. The van der Waals surface area contributed by atoms with Crippen LogP contribution in [0.25, 0.3) is 0 Å². The molecule has 6 nitrogen and oxygen atoms in total. The first-order chi connectivity index (χ1) is 8.09. The van der Waals surface area contributed by atoms with Crippen LogP contribution in [0, 0.1) is 0 Å². The van der Waals surface area contributed by atoms with Crippen LogP contribution in [0.4, 0.5) is 4.79 Å². The number of hydrogen-bond donors (Lipinski definition) is 2. The Labute approximate surface area is 99.3 Å². The average molecular weight is 240 g/mol. The first-order valence-electron chi connectivity index (χ1n) is 5.60. The van der Waals surface area contributed by atoms with Gasteiger partial charge in [0.15, 0.2) is 0 Å². The van der Waals surface area contributed by atoms with Crippen LogP contribution in [-0.2, 0) is 9.59 Å². The third-order valence-electron chi connectivity index (χ3n) is 2.50. The van der Waals surface area contributed by atoms with E-state index in [0.717, 1.165) is 31.8 Å². The molecule has 0 aromatic rings. The van der Waals surface area contributed by atoms with E-state index in [4.69, 9.17) is 5.11 Å². The monoisotopic (exact) mass is 240 g/mol. The second kappa shape index (κ2) is 6.67. The van der Waals surface area contributed by atoms with E-state index >= 15 is 0 Å². The summed E-state index contributed by atoms with van der Waals surface area (Å²) in [5.74, 6) is -1.93. The second-order valence-corrected chi connectivity index (χ2v) is 3.87. The Hall–Kier alpha value is -1.85. The third kappa shape index (κ3) is 5.14. The van der Waals surface area contributed by atoms with Gasteiger partial charge in [0.2, 0.25) is 0 Å². The summed E-state index contributed by atoms with van der Waals surface area (Å²) in [4.78, 5) is 34.6. The van der Waals surface area contributed by atoms with Crippen molar-refractivity contribution in [2.24, 2.45) is 0 Å². The number of carbonyl (C=O) groups is 3. The van der Waals surface area contributed by atoms with Gasteiger partial charge in [-0.2, -0.15) is 0 Å². The number of carboxylic acid groups (broad SMARTS) is 1. The standard InChI is InChI=1S/C11H16N2O4/c14-9(5-6-10(15)16)12-11(17)13-7-3-1-2-4-8-13/h5-6H,1-4,7-8H2,(H,15,16)(H,12,14,17)/b6-5+. The van der Waals surface area contributed by atoms with Crippen molar-refractivity contribution < 1.29 is 19.5 Å². The molecule has 2 N–H and O–H groups in total. The number of rotatable bonds is 2. The average Bonchev–Trinajstić information content (AvgIpc) is 2.54. The maximum absolute atomic E-state index is 11.6. The summed E-state index contributed by atoms with van der Waals surface area (Å²) in [6.07, 6.45) is 5.59. The molecular formula is C11H16N2O4. The van der Waals surface area contributed by atoms with Gasteiger partial charge in [-0.15, -0.1) is 0 Å². The fraction of sp³-hybridized carbons (Fsp3) is 0.545. The van der Waals surface area contributed by atoms with Crippen LogP contribution in [0.2, 0.25) is 0 Å². The summed E-state index contributed by atoms with van der Waals surface area (Å²) in [5, 5.41) is 10.5. The molecule has 0 atom stereocenters. The van der Waals surface area contributed by atoms with Crippen molar-refractivity contribution in [3.05, 3.63) is 12.2 Å². The van der Waals surface area contributed by atoms with E-state index in [1.807, 2.05) is 0 Å². The van der Waals surface area contributed by atoms with E-state index < -0.39 is 17.9 Å². The van der Waals surface area contributed by atoms with Gasteiger partial charge in [0, 0.05) is 25.2 Å². The first-order valence-corrected chi connectivity index (χ1v) is 5.60. The molecule has 6 heteroatoms. The van der Waals surface area contributed by atoms with Crippen LogP contribution in [0.1, 0.15) is 25.7 Å². The van der Waals surface area contributed by atoms with Crippen LogP contribution >= 0.6 is 0 Å². The Bertz CT molecular complexity index is 330. The largest absolute Gasteiger partial charge is 0.478 e. The Kier molecular flexibility index (Phi) is 5.19. The van der Waals surface area contributed by atoms with Gasteiger partial charge in [0.05, 0.1) is 0 Å². The molecule has 17 heavy (non-hydrogen) atoms. The van der Waals surface area contributed by atoms with E-state index in [1.54, 1.807) is 4.90 Å². The Morgan fingerprint density at radius 2 is 1.59 bits per heavy atom. The van der Waals surface area contributed by atoms with Crippen LogP contribution in [-0.4, -0.2) is 41.0 Å². The number of carbonyl (C=O) groups excluding carboxylic acids is 2. The Morgan fingerprint density at radius 3 is 2.12 bits per heavy atom. The summed E-state index contributed by atoms with van der Waals surface area (Å²) >= 11 is 0. The maximum Gasteiger partial charge on any atom is 0.328 e. The zero-order valence-corrected chi connectivity index (χ0v) is 9.52. The fourth-order valence-electron chi connectivity index (χ4n) is 1.65. The molecule has 3 amide bonds. The number of nitrogens with one attached hydrogen (secondary N) is 1. The molecule has 1 heterocycles. The number of carboxylic acids is 1. The van der Waals surface area contributed by atoms with Gasteiger partial charge >= 0.3 is 12.0 Å². The number of imide groups is 1. The van der Waals surface area contributed by atoms with Crippen molar-refractivity contribution in [2.75, 3.05) is 13.1 Å². The fourth-order valence-corrected chi connectivity index (χ4v) is 1.65. The molecule has 0 unspecified atom stereocenters. The molecule has 1 aliphatic heterocycles. The lowest BCUT2D eigenvalue weighted by molar-refractivity contribution is -0.131. The maximum atomic E-state index is 11.6. The van der Waals surface area contributed by atoms with Gasteiger partial charge in [-0.05, 0) is 12.8 Å². The molecule has 1 rings (SSSR count). The summed E-state index contributed by atoms with van der Waals surface area (Å²) in [5.41, 5.74) is 0. The van der Waals surface area contributed by atoms with Crippen LogP contribution in [0.5, 0.6) is 0 Å². The SMILES string of the molecule is O=C(O)/C=C/C(=O)NC(=O)N1CCCCCC1. The van der Waals surface area contributed by atoms with Crippen molar-refractivity contribution in [3.63, 3.8) is 0 Å². The molecule has 0 bridgehead atoms. The van der Waals surface area contributed by atoms with Crippen molar-refractivity contribution in [2.45, 2.75) is 25.7 Å². The van der Waals surface area contributed by atoms with E-state index in [-0.39, 0.29) is 0 Å². The van der Waals surface area contributed by atoms with Gasteiger partial charge < -0.3 is 10.0 Å². The number of aliphatic carboxylic acids is 1. The number of hydrogen-bond acceptors (Lipinski definition) is 3. The summed E-state index contributed by atoms with van der Waals surface area (Å²) in [6, 6.07) is -0.452. The van der Waals surface area contributed by atoms with Gasteiger partial charge in [0.1, 0.15) is 0 Å². The van der Waals surface area contributed by atoms with Crippen molar-refractivity contribution in [1.82, 2.24) is 10.2 Å². The van der Waals surface area contributed by atoms with Gasteiger partial charge in [-0.25, -0.2) is 9.59 Å². The number of urea groups is 1. The van der Waals surface area contributed by atoms with Crippen molar-refractivity contribution in [1.29, 1.82) is 0 Å². The molecule has 0 aromatic carbocycles. The predicted octanol–water partition coefficient (Wildman–Crippen LogP) is 0.739. The minimum absolute atomic E-state index is 0.452. The highest BCUT2D eigenvalue weighted by molar-refractivity contribution is 6.02. The molecule has 0 saturated carbocycles. The molecular weight excluding hydrogens is 224 g/mol. The van der Waals surface area contributed by atoms with E-state index in [9.17, 15) is 14.4 Å². The number of likely N-dealkylation sites (tertiary alicyclic amines) is 1. The van der Waals surface area contributed by atoms with Crippen LogP contribution in [0.15, 0.2) is 12.2 Å². The molecule has 0 aliphatic carbocycles. The molecule has 1 fully saturated rings. The summed E-state index contributed by atoms with van der Waals surface area (Å²) in [7, 11) is 0. The first kappa shape index (κ1) is 13.2. The quantitative estimate of drug-likeness (QED) is 0.697. The smallest absolute Gasteiger partial charge is 0.328 e. The zero-order chi connectivity index (χ0) is 12.7. The second-order valence-electron chi connectivity index (χ2n) is 3.87. The summed E-state index contributed by atoms with van der Waals surface area (Å²) in [6.45, 7) is 1.28. The van der Waals surface area contributed by atoms with Crippen molar-refractivity contribution in [3.8, 4) is 0 Å². The van der Waals surface area contributed by atoms with E-state index in [1.165, 1.54) is 0 Å². The molecule has 94 valence electrons. The normalized spacial score (nSPS) is 16.6. The highest BCUT2D eigenvalue weighted by Crippen LogP contribution is 2.09. The highest BCUT2D eigenvalue weighted by Gasteiger charge is 2.16. The third-order valence-corrected chi connectivity index (χ3v) is 2.50. The highest BCUT2D eigenvalue weighted by atomic mass is 16.4. The number of nitrogens with zero attached hydrogens (tertiary/aromatic N) is 1. The molecule has 1 saturated heterocycles. The lowest BCUT2D eigenvalue weighted by Crippen LogP contribution is -2.42. The molecule has 1 aliphatic rings. The summed E-state index contributed by atoms with van der Waals surface area (Å²) < 4.78 is 0. The van der Waals surface area contributed by atoms with Gasteiger partial charge in [0.25, 0.3) is 5.91 Å². The van der Waals surface area contributed by atoms with Crippen LogP contribution < -0.4 is 5.32 Å². The minimum Gasteiger partial charge on any atom is -0.478 e. The molecule has 0 radical (unpaired) electrons. The van der Waals surface area contributed by atoms with Gasteiger partial charge in [-0.3, -0.25) is 10.1 Å². The topological polar surface area (TPSA) is 86.7 Å². The number of amides is 3. The zero-order valence-electron chi connectivity index (χ0n) is 9.52. The van der Waals surface area contributed by atoms with E-state index in [2.05, 4.69) is 5.32 Å². The van der Waals surface area contributed by atoms with Crippen molar-refractivity contribution >= 4 is 17.9 Å². The lowest BCUT2D eigenvalue weighted by Gasteiger charge is -2.19. The van der Waals surface area contributed by atoms with Crippen LogP contribution in [0.3, 0.4) is 0 Å². The Balaban J connectivity index is 2.41. The van der Waals surface area contributed by atoms with E-state index in [0.29, 0.717) is 19.2 Å². The lowest BCUT2D eigenvalue weighted by atomic mass is 10.2. The Morgan fingerprint density at radius 1 is 1.00 bits per heavy atom.